The minimum Gasteiger partial charge on any atom is -0.318 e. The molecule has 0 aromatic heterocycles. The maximum absolute atomic E-state index is 13.2. The predicted molar refractivity (Wildman–Crippen MR) is 71.0 cm³/mol. The normalized spacial score (nSPS) is 11.8. The van der Waals surface area contributed by atoms with Gasteiger partial charge >= 0.3 is 0 Å². The molecule has 2 nitrogen and oxygen atoms in total. The number of benzene rings is 1. The third kappa shape index (κ3) is 4.10. The summed E-state index contributed by atoms with van der Waals surface area (Å²) in [6.07, 6.45) is 0. The summed E-state index contributed by atoms with van der Waals surface area (Å²) in [6.45, 7) is 8.94. The van der Waals surface area contributed by atoms with Crippen LogP contribution in [0.4, 0.5) is 4.39 Å². The molecule has 17 heavy (non-hydrogen) atoms. The first-order valence-corrected chi connectivity index (χ1v) is 6.09. The zero-order chi connectivity index (χ0) is 12.9. The molecule has 0 heterocycles. The molecule has 2 N–H and O–H groups in total. The molecule has 0 amide bonds. The molecule has 0 aliphatic heterocycles. The van der Waals surface area contributed by atoms with Gasteiger partial charge in [-0.2, -0.15) is 0 Å². The summed E-state index contributed by atoms with van der Waals surface area (Å²) in [4.78, 5) is 0. The number of hydrogen-bond acceptors (Lipinski definition) is 2. The highest BCUT2D eigenvalue weighted by Crippen LogP contribution is 2.24. The van der Waals surface area contributed by atoms with Gasteiger partial charge in [0.15, 0.2) is 0 Å². The Labute approximate surface area is 104 Å². The molecule has 1 rings (SSSR count). The molecular weight excluding hydrogens is 215 g/mol. The summed E-state index contributed by atoms with van der Waals surface area (Å²) in [5, 5.41) is 6.50. The number of aryl methyl sites for hydroxylation is 1. The van der Waals surface area contributed by atoms with Gasteiger partial charge in [0.2, 0.25) is 0 Å². The van der Waals surface area contributed by atoms with Crippen LogP contribution in [0.2, 0.25) is 0 Å². The van der Waals surface area contributed by atoms with Crippen LogP contribution >= 0.6 is 0 Å². The van der Waals surface area contributed by atoms with Crippen molar-refractivity contribution < 1.29 is 4.39 Å². The molecule has 3 heteroatoms. The lowest BCUT2D eigenvalue weighted by atomic mass is 9.84. The highest BCUT2D eigenvalue weighted by Gasteiger charge is 2.20. The first-order valence-electron chi connectivity index (χ1n) is 6.09. The second-order valence-corrected chi connectivity index (χ2v) is 5.13. The molecule has 0 aliphatic rings. The summed E-state index contributed by atoms with van der Waals surface area (Å²) in [7, 11) is 1.94. The van der Waals surface area contributed by atoms with Crippen LogP contribution in [0.5, 0.6) is 0 Å². The van der Waals surface area contributed by atoms with Crippen molar-refractivity contribution in [1.29, 1.82) is 0 Å². The van der Waals surface area contributed by atoms with Crippen LogP contribution in [0.15, 0.2) is 18.2 Å². The second kappa shape index (κ2) is 6.12. The summed E-state index contributed by atoms with van der Waals surface area (Å²) in [5.74, 6) is -0.132. The topological polar surface area (TPSA) is 24.1 Å². The Bertz CT molecular complexity index is 361. The van der Waals surface area contributed by atoms with E-state index in [1.54, 1.807) is 6.07 Å². The van der Waals surface area contributed by atoms with E-state index in [1.807, 2.05) is 26.1 Å². The van der Waals surface area contributed by atoms with Gasteiger partial charge in [-0.1, -0.05) is 26.0 Å². The van der Waals surface area contributed by atoms with Crippen molar-refractivity contribution in [1.82, 2.24) is 10.6 Å². The third-order valence-corrected chi connectivity index (χ3v) is 3.06. The maximum atomic E-state index is 13.2. The fourth-order valence-corrected chi connectivity index (χ4v) is 1.78. The van der Waals surface area contributed by atoms with E-state index in [2.05, 4.69) is 24.5 Å². The van der Waals surface area contributed by atoms with Gasteiger partial charge < -0.3 is 10.6 Å². The molecule has 0 fully saturated rings. The average molecular weight is 238 g/mol. The SMILES string of the molecule is CNCCNCC(C)(C)c1ccc(F)c(C)c1. The number of nitrogens with one attached hydrogen (secondary N) is 2. The molecule has 0 saturated carbocycles. The van der Waals surface area contributed by atoms with Crippen molar-refractivity contribution in [3.05, 3.63) is 35.1 Å². The number of halogens is 1. The van der Waals surface area contributed by atoms with Crippen LogP contribution in [-0.4, -0.2) is 26.7 Å². The zero-order valence-corrected chi connectivity index (χ0v) is 11.2. The zero-order valence-electron chi connectivity index (χ0n) is 11.2. The monoisotopic (exact) mass is 238 g/mol. The molecule has 96 valence electrons. The minimum atomic E-state index is -0.132. The van der Waals surface area contributed by atoms with Gasteiger partial charge in [0.25, 0.3) is 0 Å². The lowest BCUT2D eigenvalue weighted by Gasteiger charge is -2.26. The largest absolute Gasteiger partial charge is 0.318 e. The van der Waals surface area contributed by atoms with E-state index < -0.39 is 0 Å². The first kappa shape index (κ1) is 14.1. The maximum Gasteiger partial charge on any atom is 0.126 e. The van der Waals surface area contributed by atoms with Gasteiger partial charge in [0.05, 0.1) is 0 Å². The predicted octanol–water partition coefficient (Wildman–Crippen LogP) is 2.22. The number of hydrogen-bond donors (Lipinski definition) is 2. The lowest BCUT2D eigenvalue weighted by Crippen LogP contribution is -2.36. The molecule has 0 bridgehead atoms. The summed E-state index contributed by atoms with van der Waals surface area (Å²) >= 11 is 0. The van der Waals surface area contributed by atoms with Crippen molar-refractivity contribution in [2.24, 2.45) is 0 Å². The lowest BCUT2D eigenvalue weighted by molar-refractivity contribution is 0.467. The second-order valence-electron chi connectivity index (χ2n) is 5.13. The molecule has 0 saturated heterocycles. The van der Waals surface area contributed by atoms with Crippen molar-refractivity contribution >= 4 is 0 Å². The van der Waals surface area contributed by atoms with Crippen LogP contribution in [0, 0.1) is 12.7 Å². The Kier molecular flexibility index (Phi) is 5.09. The molecule has 1 aromatic rings. The molecule has 1 aromatic carbocycles. The van der Waals surface area contributed by atoms with Gasteiger partial charge in [-0.05, 0) is 31.2 Å². The van der Waals surface area contributed by atoms with Gasteiger partial charge in [-0.3, -0.25) is 0 Å². The van der Waals surface area contributed by atoms with Crippen LogP contribution in [-0.2, 0) is 5.41 Å². The summed E-state index contributed by atoms with van der Waals surface area (Å²) in [6, 6.07) is 5.37. The van der Waals surface area contributed by atoms with Crippen LogP contribution in [0.25, 0.3) is 0 Å². The van der Waals surface area contributed by atoms with Gasteiger partial charge in [-0.15, -0.1) is 0 Å². The van der Waals surface area contributed by atoms with E-state index in [9.17, 15) is 4.39 Å². The Morgan fingerprint density at radius 1 is 1.24 bits per heavy atom. The number of rotatable bonds is 6. The summed E-state index contributed by atoms with van der Waals surface area (Å²) < 4.78 is 13.2. The Hall–Kier alpha value is -0.930. The van der Waals surface area contributed by atoms with Gasteiger partial charge in [0.1, 0.15) is 5.82 Å². The molecule has 0 unspecified atom stereocenters. The van der Waals surface area contributed by atoms with E-state index in [-0.39, 0.29) is 11.2 Å². The minimum absolute atomic E-state index is 0.0200. The standard InChI is InChI=1S/C14H23FN2/c1-11-9-12(5-6-13(11)15)14(2,3)10-17-8-7-16-4/h5-6,9,16-17H,7-8,10H2,1-4H3. The molecular formula is C14H23FN2. The van der Waals surface area contributed by atoms with E-state index in [4.69, 9.17) is 0 Å². The van der Waals surface area contributed by atoms with Crippen LogP contribution in [0.3, 0.4) is 0 Å². The van der Waals surface area contributed by atoms with Crippen molar-refractivity contribution in [2.45, 2.75) is 26.2 Å². The van der Waals surface area contributed by atoms with Crippen molar-refractivity contribution in [3.8, 4) is 0 Å². The van der Waals surface area contributed by atoms with E-state index in [0.717, 1.165) is 19.6 Å². The highest BCUT2D eigenvalue weighted by atomic mass is 19.1. The highest BCUT2D eigenvalue weighted by molar-refractivity contribution is 5.29. The van der Waals surface area contributed by atoms with Gasteiger partial charge in [0, 0.05) is 25.0 Å². The van der Waals surface area contributed by atoms with Crippen LogP contribution < -0.4 is 10.6 Å². The van der Waals surface area contributed by atoms with E-state index >= 15 is 0 Å². The number of likely N-dealkylation sites (N-methyl/N-ethyl adjacent to an activating group) is 1. The molecule has 0 spiro atoms. The summed E-state index contributed by atoms with van der Waals surface area (Å²) in [5.41, 5.74) is 1.91. The van der Waals surface area contributed by atoms with Crippen LogP contribution in [0.1, 0.15) is 25.0 Å². The fourth-order valence-electron chi connectivity index (χ4n) is 1.78. The smallest absolute Gasteiger partial charge is 0.126 e. The van der Waals surface area contributed by atoms with Gasteiger partial charge in [-0.25, -0.2) is 4.39 Å². The average Bonchev–Trinajstić information content (AvgIpc) is 2.28. The third-order valence-electron chi connectivity index (χ3n) is 3.06. The fraction of sp³-hybridized carbons (Fsp3) is 0.571. The van der Waals surface area contributed by atoms with Crippen molar-refractivity contribution in [3.63, 3.8) is 0 Å². The Morgan fingerprint density at radius 3 is 2.53 bits per heavy atom. The van der Waals surface area contributed by atoms with E-state index in [1.165, 1.54) is 5.56 Å². The Balaban J connectivity index is 2.64. The Morgan fingerprint density at radius 2 is 1.94 bits per heavy atom. The quantitative estimate of drug-likeness (QED) is 0.743. The first-order chi connectivity index (χ1) is 7.97. The molecule has 0 aliphatic carbocycles. The molecule has 0 radical (unpaired) electrons. The van der Waals surface area contributed by atoms with E-state index in [0.29, 0.717) is 5.56 Å². The van der Waals surface area contributed by atoms with Crippen molar-refractivity contribution in [2.75, 3.05) is 26.7 Å². The molecule has 0 atom stereocenters.